The van der Waals surface area contributed by atoms with Gasteiger partial charge in [0.2, 0.25) is 5.91 Å². The average molecular weight is 569 g/mol. The molecule has 35 heavy (non-hydrogen) atoms. The molecule has 0 saturated heterocycles. The third-order valence-electron chi connectivity index (χ3n) is 6.29. The number of aryl methyl sites for hydroxylation is 1. The first-order valence-corrected chi connectivity index (χ1v) is 12.9. The van der Waals surface area contributed by atoms with E-state index in [9.17, 15) is 4.79 Å². The maximum Gasteiger partial charge on any atom is 0.231 e. The molecule has 1 amide bonds. The van der Waals surface area contributed by atoms with Crippen LogP contribution in [0.2, 0.25) is 15.1 Å². The Hall–Kier alpha value is -1.88. The van der Waals surface area contributed by atoms with E-state index in [4.69, 9.17) is 63.7 Å². The Bertz CT molecular complexity index is 1310. The predicted octanol–water partition coefficient (Wildman–Crippen LogP) is 8.72. The zero-order chi connectivity index (χ0) is 25.5. The van der Waals surface area contributed by atoms with Gasteiger partial charge in [-0.3, -0.25) is 4.79 Å². The molecule has 1 aliphatic rings. The van der Waals surface area contributed by atoms with Crippen molar-refractivity contribution < 1.29 is 4.79 Å². The Morgan fingerprint density at radius 1 is 1.06 bits per heavy atom. The lowest BCUT2D eigenvalue weighted by Crippen LogP contribution is -2.17. The van der Waals surface area contributed by atoms with Crippen LogP contribution in [0.4, 0.5) is 5.69 Å². The van der Waals surface area contributed by atoms with E-state index in [-0.39, 0.29) is 5.91 Å². The molecule has 0 spiro atoms. The van der Waals surface area contributed by atoms with Gasteiger partial charge in [0.05, 0.1) is 5.92 Å². The lowest BCUT2D eigenvalue weighted by molar-refractivity contribution is -0.117. The molecule has 3 nitrogen and oxygen atoms in total. The van der Waals surface area contributed by atoms with Crippen molar-refractivity contribution in [2.24, 2.45) is 11.7 Å². The molecule has 8 heteroatoms. The first-order chi connectivity index (χ1) is 16.6. The largest absolute Gasteiger partial charge is 0.404 e. The molecule has 0 heterocycles. The lowest BCUT2D eigenvalue weighted by atomic mass is 9.90. The summed E-state index contributed by atoms with van der Waals surface area (Å²) in [4.78, 5) is 13.2. The van der Waals surface area contributed by atoms with Gasteiger partial charge in [-0.05, 0) is 83.8 Å². The molecule has 0 radical (unpaired) electrons. The molecule has 3 aromatic rings. The summed E-state index contributed by atoms with van der Waals surface area (Å²) in [5.41, 5.74) is 11.9. The number of benzene rings is 3. The normalized spacial score (nSPS) is 18.9. The highest BCUT2D eigenvalue weighted by molar-refractivity contribution is 6.53. The predicted molar refractivity (Wildman–Crippen MR) is 150 cm³/mol. The van der Waals surface area contributed by atoms with Crippen molar-refractivity contribution in [2.45, 2.75) is 30.5 Å². The van der Waals surface area contributed by atoms with Crippen LogP contribution in [0.15, 0.2) is 60.8 Å². The molecular formula is C27H23Cl5N2O. The number of amides is 1. The molecule has 182 valence electrons. The number of alkyl halides is 2. The topological polar surface area (TPSA) is 55.1 Å². The average Bonchev–Trinajstić information content (AvgIpc) is 3.40. The van der Waals surface area contributed by atoms with Crippen LogP contribution < -0.4 is 11.1 Å². The summed E-state index contributed by atoms with van der Waals surface area (Å²) in [5.74, 6) is -1.40. The van der Waals surface area contributed by atoms with Crippen molar-refractivity contribution >= 4 is 75.2 Å². The molecule has 3 N–H and O–H groups in total. The number of carbonyl (C=O) groups is 1. The van der Waals surface area contributed by atoms with Crippen LogP contribution in [0.1, 0.15) is 36.5 Å². The van der Waals surface area contributed by atoms with Gasteiger partial charge in [-0.15, -0.1) is 23.2 Å². The number of halogens is 5. The fraction of sp³-hybridized carbons (Fsp3) is 0.222. The molecule has 1 saturated carbocycles. The standard InChI is InChI=1S/C27H23Cl5N2O/c1-3-15-5-4-6-20(14(2)13-33)23(15)21-12-19(7-8-22(21)30)34-26(35)25-24(27(25,31)32)16-9-17(28)11-18(29)10-16/h4-13,24-25H,3,33H2,1-2H3,(H,34,35)/b14-13+. The minimum atomic E-state index is -1.27. The lowest BCUT2D eigenvalue weighted by Gasteiger charge is -2.17. The first kappa shape index (κ1) is 26.2. The van der Waals surface area contributed by atoms with Crippen LogP contribution in [-0.4, -0.2) is 10.2 Å². The second kappa shape index (κ2) is 10.2. The number of rotatable bonds is 6. The Morgan fingerprint density at radius 3 is 2.37 bits per heavy atom. The van der Waals surface area contributed by atoms with Crippen LogP contribution in [0.3, 0.4) is 0 Å². The number of anilines is 1. The second-order valence-corrected chi connectivity index (χ2v) is 11.3. The molecule has 0 aliphatic heterocycles. The van der Waals surface area contributed by atoms with Crippen LogP contribution in [0.5, 0.6) is 0 Å². The number of nitrogens with two attached hydrogens (primary N) is 1. The van der Waals surface area contributed by atoms with E-state index in [0.717, 1.165) is 39.8 Å². The minimum Gasteiger partial charge on any atom is -0.404 e. The highest BCUT2D eigenvalue weighted by Gasteiger charge is 2.67. The van der Waals surface area contributed by atoms with Gasteiger partial charge in [-0.1, -0.05) is 59.9 Å². The summed E-state index contributed by atoms with van der Waals surface area (Å²) in [7, 11) is 0. The van der Waals surface area contributed by atoms with Gasteiger partial charge < -0.3 is 11.1 Å². The Kier molecular flexibility index (Phi) is 7.66. The summed E-state index contributed by atoms with van der Waals surface area (Å²) in [6.07, 6.45) is 2.38. The summed E-state index contributed by atoms with van der Waals surface area (Å²) in [5, 5.41) is 4.43. The van der Waals surface area contributed by atoms with Gasteiger partial charge in [0, 0.05) is 32.2 Å². The van der Waals surface area contributed by atoms with Gasteiger partial charge in [0.1, 0.15) is 4.33 Å². The maximum atomic E-state index is 13.2. The molecule has 0 aromatic heterocycles. The van der Waals surface area contributed by atoms with Crippen LogP contribution in [-0.2, 0) is 11.2 Å². The van der Waals surface area contributed by atoms with E-state index in [1.807, 2.05) is 25.1 Å². The first-order valence-electron chi connectivity index (χ1n) is 11.0. The Morgan fingerprint density at radius 2 is 1.74 bits per heavy atom. The fourth-order valence-electron chi connectivity index (χ4n) is 4.47. The van der Waals surface area contributed by atoms with Crippen molar-refractivity contribution in [3.8, 4) is 11.1 Å². The van der Waals surface area contributed by atoms with E-state index < -0.39 is 16.2 Å². The molecule has 4 rings (SSSR count). The smallest absolute Gasteiger partial charge is 0.231 e. The van der Waals surface area contributed by atoms with Crippen molar-refractivity contribution in [1.29, 1.82) is 0 Å². The zero-order valence-electron chi connectivity index (χ0n) is 19.0. The second-order valence-electron chi connectivity index (χ2n) is 8.56. The van der Waals surface area contributed by atoms with Gasteiger partial charge >= 0.3 is 0 Å². The molecule has 3 aromatic carbocycles. The summed E-state index contributed by atoms with van der Waals surface area (Å²) < 4.78 is -1.27. The van der Waals surface area contributed by atoms with Crippen molar-refractivity contribution in [1.82, 2.24) is 0 Å². The van der Waals surface area contributed by atoms with Gasteiger partial charge in [-0.2, -0.15) is 0 Å². The number of nitrogens with one attached hydrogen (secondary N) is 1. The Balaban J connectivity index is 1.67. The zero-order valence-corrected chi connectivity index (χ0v) is 22.8. The van der Waals surface area contributed by atoms with Crippen molar-refractivity contribution in [2.75, 3.05) is 5.32 Å². The minimum absolute atomic E-state index is 0.300. The summed E-state index contributed by atoms with van der Waals surface area (Å²) in [6.45, 7) is 4.03. The van der Waals surface area contributed by atoms with Gasteiger partial charge in [0.15, 0.2) is 0 Å². The molecule has 0 bridgehead atoms. The summed E-state index contributed by atoms with van der Waals surface area (Å²) >= 11 is 31.9. The van der Waals surface area contributed by atoms with E-state index in [1.54, 1.807) is 36.5 Å². The van der Waals surface area contributed by atoms with E-state index in [0.29, 0.717) is 20.8 Å². The summed E-state index contributed by atoms with van der Waals surface area (Å²) in [6, 6.07) is 16.5. The quantitative estimate of drug-likeness (QED) is 0.292. The number of hydrogen-bond acceptors (Lipinski definition) is 2. The third kappa shape index (κ3) is 5.16. The molecule has 2 unspecified atom stereocenters. The number of hydrogen-bond donors (Lipinski definition) is 2. The van der Waals surface area contributed by atoms with E-state index in [2.05, 4.69) is 18.3 Å². The molecular weight excluding hydrogens is 546 g/mol. The van der Waals surface area contributed by atoms with Gasteiger partial charge in [0.25, 0.3) is 0 Å². The number of carbonyl (C=O) groups excluding carboxylic acids is 1. The van der Waals surface area contributed by atoms with Crippen LogP contribution >= 0.6 is 58.0 Å². The maximum absolute atomic E-state index is 13.2. The van der Waals surface area contributed by atoms with E-state index >= 15 is 0 Å². The highest BCUT2D eigenvalue weighted by Crippen LogP contribution is 2.65. The Labute approximate surface area is 230 Å². The van der Waals surface area contributed by atoms with Crippen LogP contribution in [0.25, 0.3) is 16.7 Å². The third-order valence-corrected chi connectivity index (χ3v) is 8.00. The molecule has 2 atom stereocenters. The van der Waals surface area contributed by atoms with E-state index in [1.165, 1.54) is 0 Å². The fourth-order valence-corrected chi connectivity index (χ4v) is 6.05. The van der Waals surface area contributed by atoms with Crippen LogP contribution in [0, 0.1) is 5.92 Å². The highest BCUT2D eigenvalue weighted by atomic mass is 35.5. The van der Waals surface area contributed by atoms with Crippen molar-refractivity contribution in [3.05, 3.63) is 92.6 Å². The SMILES string of the molecule is CCc1cccc(/C(C)=C/N)c1-c1cc(NC(=O)C2C(c3cc(Cl)cc(Cl)c3)C2(Cl)Cl)ccc1Cl. The van der Waals surface area contributed by atoms with Gasteiger partial charge in [-0.25, -0.2) is 0 Å². The molecule has 1 fully saturated rings. The van der Waals surface area contributed by atoms with Crippen molar-refractivity contribution in [3.63, 3.8) is 0 Å². The number of allylic oxidation sites excluding steroid dienone is 1. The molecule has 1 aliphatic carbocycles. The monoisotopic (exact) mass is 566 g/mol.